The number of pyridine rings is 2. The molecule has 0 saturated heterocycles. The zero-order valence-corrected chi connectivity index (χ0v) is 15.2. The van der Waals surface area contributed by atoms with Crippen molar-refractivity contribution in [1.29, 1.82) is 0 Å². The summed E-state index contributed by atoms with van der Waals surface area (Å²) in [6, 6.07) is 5.95. The fraction of sp³-hybridized carbons (Fsp3) is 0.263. The highest BCUT2D eigenvalue weighted by molar-refractivity contribution is 6.00. The van der Waals surface area contributed by atoms with Crippen molar-refractivity contribution >= 4 is 28.4 Å². The molecule has 0 fully saturated rings. The van der Waals surface area contributed by atoms with Gasteiger partial charge in [0, 0.05) is 25.1 Å². The molecule has 0 aromatic carbocycles. The molecule has 0 unspecified atom stereocenters. The number of hydrogen-bond donors (Lipinski definition) is 1. The van der Waals surface area contributed by atoms with Crippen molar-refractivity contribution in [2.24, 2.45) is 7.05 Å². The van der Waals surface area contributed by atoms with E-state index in [1.165, 1.54) is 0 Å². The van der Waals surface area contributed by atoms with E-state index >= 15 is 0 Å². The van der Waals surface area contributed by atoms with Crippen LogP contribution in [0.25, 0.3) is 16.7 Å². The fourth-order valence-electron chi connectivity index (χ4n) is 3.35. The van der Waals surface area contributed by atoms with Gasteiger partial charge in [0.15, 0.2) is 11.5 Å². The molecule has 4 aromatic rings. The topological polar surface area (TPSA) is 77.1 Å². The minimum atomic E-state index is -0.131. The van der Waals surface area contributed by atoms with Gasteiger partial charge in [-0.05, 0) is 44.0 Å². The Morgan fingerprint density at radius 1 is 1.19 bits per heavy atom. The normalized spacial score (nSPS) is 11.4. The molecule has 0 bridgehead atoms. The number of carbonyl (C=O) groups excluding carboxylic acids is 1. The van der Waals surface area contributed by atoms with Crippen molar-refractivity contribution in [3.05, 3.63) is 53.1 Å². The van der Waals surface area contributed by atoms with Gasteiger partial charge >= 0.3 is 0 Å². The number of carbonyl (C=O) groups is 1. The third-order valence-electron chi connectivity index (χ3n) is 4.53. The van der Waals surface area contributed by atoms with E-state index in [2.05, 4.69) is 20.4 Å². The smallest absolute Gasteiger partial charge is 0.231 e. The van der Waals surface area contributed by atoms with Crippen molar-refractivity contribution in [1.82, 2.24) is 24.1 Å². The molecular weight excluding hydrogens is 328 g/mol. The number of amides is 1. The molecule has 0 spiro atoms. The molecule has 132 valence electrons. The summed E-state index contributed by atoms with van der Waals surface area (Å²) in [5, 5.41) is 8.24. The molecule has 0 atom stereocenters. The number of rotatable bonds is 3. The first-order valence-electron chi connectivity index (χ1n) is 8.46. The summed E-state index contributed by atoms with van der Waals surface area (Å²) in [4.78, 5) is 21.6. The van der Waals surface area contributed by atoms with Gasteiger partial charge in [0.2, 0.25) is 5.91 Å². The average molecular weight is 348 g/mol. The highest BCUT2D eigenvalue weighted by Crippen LogP contribution is 2.25. The molecular formula is C19H20N6O. The van der Waals surface area contributed by atoms with Crippen LogP contribution >= 0.6 is 0 Å². The van der Waals surface area contributed by atoms with E-state index in [1.807, 2.05) is 56.6 Å². The Morgan fingerprint density at radius 3 is 2.81 bits per heavy atom. The molecule has 0 aliphatic heterocycles. The second-order valence-electron chi connectivity index (χ2n) is 6.61. The maximum Gasteiger partial charge on any atom is 0.231 e. The third kappa shape index (κ3) is 2.61. The van der Waals surface area contributed by atoms with Crippen LogP contribution in [0, 0.1) is 20.8 Å². The SMILES string of the molecule is Cc1cc(C)c2c(NC(=O)Cc3cnc4c(C)cccn34)nn(C)c2n1. The quantitative estimate of drug-likeness (QED) is 0.617. The number of imidazole rings is 1. The average Bonchev–Trinajstić information content (AvgIpc) is 3.10. The zero-order valence-electron chi connectivity index (χ0n) is 15.2. The van der Waals surface area contributed by atoms with Crippen LogP contribution in [0.5, 0.6) is 0 Å². The van der Waals surface area contributed by atoms with Crippen molar-refractivity contribution in [2.45, 2.75) is 27.2 Å². The highest BCUT2D eigenvalue weighted by atomic mass is 16.1. The number of hydrogen-bond acceptors (Lipinski definition) is 4. The summed E-state index contributed by atoms with van der Waals surface area (Å²) in [5.41, 5.74) is 5.52. The van der Waals surface area contributed by atoms with E-state index in [0.29, 0.717) is 5.82 Å². The Bertz CT molecular complexity index is 1150. The molecule has 7 nitrogen and oxygen atoms in total. The first kappa shape index (κ1) is 16.3. The Balaban J connectivity index is 1.64. The van der Waals surface area contributed by atoms with Crippen LogP contribution in [0.2, 0.25) is 0 Å². The van der Waals surface area contributed by atoms with Gasteiger partial charge < -0.3 is 9.72 Å². The second-order valence-corrected chi connectivity index (χ2v) is 6.61. The first-order valence-corrected chi connectivity index (χ1v) is 8.46. The van der Waals surface area contributed by atoms with Crippen molar-refractivity contribution in [3.8, 4) is 0 Å². The summed E-state index contributed by atoms with van der Waals surface area (Å²) in [7, 11) is 1.83. The van der Waals surface area contributed by atoms with Gasteiger partial charge in [-0.1, -0.05) is 6.07 Å². The van der Waals surface area contributed by atoms with E-state index in [1.54, 1.807) is 10.9 Å². The molecule has 26 heavy (non-hydrogen) atoms. The monoisotopic (exact) mass is 348 g/mol. The molecule has 0 aliphatic rings. The van der Waals surface area contributed by atoms with Crippen LogP contribution in [0.1, 0.15) is 22.5 Å². The van der Waals surface area contributed by atoms with Gasteiger partial charge in [-0.25, -0.2) is 14.6 Å². The van der Waals surface area contributed by atoms with Crippen molar-refractivity contribution < 1.29 is 4.79 Å². The van der Waals surface area contributed by atoms with Gasteiger partial charge in [-0.3, -0.25) is 4.79 Å². The number of nitrogens with one attached hydrogen (secondary N) is 1. The maximum atomic E-state index is 12.6. The van der Waals surface area contributed by atoms with Crippen LogP contribution in [0.3, 0.4) is 0 Å². The standard InChI is InChI=1S/C19H20N6O/c1-11-6-5-7-25-14(10-20-18(11)25)9-15(26)22-17-16-12(2)8-13(3)21-19(16)24(4)23-17/h5-8,10H,9H2,1-4H3,(H,22,23,26). The number of fused-ring (bicyclic) bond motifs is 2. The number of aromatic nitrogens is 5. The zero-order chi connectivity index (χ0) is 18.4. The van der Waals surface area contributed by atoms with Crippen LogP contribution < -0.4 is 5.32 Å². The van der Waals surface area contributed by atoms with E-state index in [9.17, 15) is 4.79 Å². The molecule has 0 radical (unpaired) electrons. The Hall–Kier alpha value is -3.22. The largest absolute Gasteiger partial charge is 0.308 e. The first-order chi connectivity index (χ1) is 12.4. The predicted octanol–water partition coefficient (Wildman–Crippen LogP) is 2.72. The van der Waals surface area contributed by atoms with Gasteiger partial charge in [0.1, 0.15) is 5.65 Å². The third-order valence-corrected chi connectivity index (χ3v) is 4.53. The minimum absolute atomic E-state index is 0.131. The summed E-state index contributed by atoms with van der Waals surface area (Å²) < 4.78 is 3.64. The minimum Gasteiger partial charge on any atom is -0.308 e. The van der Waals surface area contributed by atoms with Gasteiger partial charge in [0.25, 0.3) is 0 Å². The molecule has 0 aliphatic carbocycles. The molecule has 4 rings (SSSR count). The van der Waals surface area contributed by atoms with Crippen molar-refractivity contribution in [3.63, 3.8) is 0 Å². The van der Waals surface area contributed by atoms with E-state index in [-0.39, 0.29) is 12.3 Å². The lowest BCUT2D eigenvalue weighted by molar-refractivity contribution is -0.115. The van der Waals surface area contributed by atoms with Crippen LogP contribution in [-0.2, 0) is 18.3 Å². The van der Waals surface area contributed by atoms with Crippen LogP contribution in [0.15, 0.2) is 30.6 Å². The van der Waals surface area contributed by atoms with Crippen LogP contribution in [-0.4, -0.2) is 30.1 Å². The summed E-state index contributed by atoms with van der Waals surface area (Å²) in [5.74, 6) is 0.413. The number of anilines is 1. The molecule has 4 aromatic heterocycles. The van der Waals surface area contributed by atoms with E-state index in [0.717, 1.165) is 39.2 Å². The predicted molar refractivity (Wildman–Crippen MR) is 100 cm³/mol. The van der Waals surface area contributed by atoms with E-state index in [4.69, 9.17) is 0 Å². The molecule has 0 saturated carbocycles. The fourth-order valence-corrected chi connectivity index (χ4v) is 3.35. The van der Waals surface area contributed by atoms with E-state index < -0.39 is 0 Å². The summed E-state index contributed by atoms with van der Waals surface area (Å²) in [6.07, 6.45) is 3.89. The van der Waals surface area contributed by atoms with Gasteiger partial charge in [-0.15, -0.1) is 0 Å². The summed E-state index contributed by atoms with van der Waals surface area (Å²) in [6.45, 7) is 5.95. The lowest BCUT2D eigenvalue weighted by Gasteiger charge is -2.05. The molecule has 1 amide bonds. The Morgan fingerprint density at radius 2 is 2.00 bits per heavy atom. The maximum absolute atomic E-state index is 12.6. The molecule has 7 heteroatoms. The van der Waals surface area contributed by atoms with Gasteiger partial charge in [0.05, 0.1) is 17.5 Å². The van der Waals surface area contributed by atoms with Gasteiger partial charge in [-0.2, -0.15) is 5.10 Å². The Labute approximate surface area is 150 Å². The molecule has 4 heterocycles. The highest BCUT2D eigenvalue weighted by Gasteiger charge is 2.16. The summed E-state index contributed by atoms with van der Waals surface area (Å²) >= 11 is 0. The van der Waals surface area contributed by atoms with Crippen molar-refractivity contribution in [2.75, 3.05) is 5.32 Å². The second kappa shape index (κ2) is 5.94. The lowest BCUT2D eigenvalue weighted by Crippen LogP contribution is -2.16. The lowest BCUT2D eigenvalue weighted by atomic mass is 10.1. The molecule has 1 N–H and O–H groups in total. The number of aryl methyl sites for hydroxylation is 4. The Kier molecular flexibility index (Phi) is 3.72. The number of nitrogens with zero attached hydrogens (tertiary/aromatic N) is 5. The van der Waals surface area contributed by atoms with Crippen LogP contribution in [0.4, 0.5) is 5.82 Å².